The lowest BCUT2D eigenvalue weighted by Gasteiger charge is -2.34. The van der Waals surface area contributed by atoms with Gasteiger partial charge in [-0.15, -0.1) is 0 Å². The first-order chi connectivity index (χ1) is 12.5. The summed E-state index contributed by atoms with van der Waals surface area (Å²) < 4.78 is 0. The van der Waals surface area contributed by atoms with Gasteiger partial charge < -0.3 is 4.90 Å². The van der Waals surface area contributed by atoms with Crippen LogP contribution in [0.5, 0.6) is 0 Å². The van der Waals surface area contributed by atoms with Gasteiger partial charge in [0.25, 0.3) is 0 Å². The standard InChI is InChI=1S/C20H24N2O3S/c1-14-7-3-4-9-16(14)17(23)11-20-22(19(25)13-26-20)12-18(24)21-10-6-5-8-15(21)2/h3-4,7,9,11,15H,5-6,8,10,12-13H2,1-2H3/b20-11-/t15-/m0/s1. The molecule has 1 aromatic carbocycles. The Kier molecular flexibility index (Phi) is 5.81. The Hall–Kier alpha value is -2.08. The summed E-state index contributed by atoms with van der Waals surface area (Å²) in [4.78, 5) is 40.8. The van der Waals surface area contributed by atoms with Gasteiger partial charge in [0.2, 0.25) is 11.8 Å². The number of aryl methyl sites for hydroxylation is 1. The lowest BCUT2D eigenvalue weighted by Crippen LogP contribution is -2.47. The highest BCUT2D eigenvalue weighted by atomic mass is 32.2. The highest BCUT2D eigenvalue weighted by Gasteiger charge is 2.32. The van der Waals surface area contributed by atoms with Crippen LogP contribution in [0.15, 0.2) is 35.4 Å². The molecule has 0 N–H and O–H groups in total. The van der Waals surface area contributed by atoms with Crippen molar-refractivity contribution in [3.8, 4) is 0 Å². The Morgan fingerprint density at radius 1 is 1.27 bits per heavy atom. The number of carbonyl (C=O) groups excluding carboxylic acids is 3. The van der Waals surface area contributed by atoms with E-state index in [1.807, 2.05) is 30.0 Å². The lowest BCUT2D eigenvalue weighted by molar-refractivity contribution is -0.139. The van der Waals surface area contributed by atoms with Crippen molar-refractivity contribution in [1.82, 2.24) is 9.80 Å². The second kappa shape index (κ2) is 8.08. The van der Waals surface area contributed by atoms with Crippen molar-refractivity contribution < 1.29 is 14.4 Å². The molecule has 1 atom stereocenters. The average molecular weight is 372 g/mol. The predicted molar refractivity (Wildman–Crippen MR) is 103 cm³/mol. The molecule has 138 valence electrons. The van der Waals surface area contributed by atoms with Gasteiger partial charge in [0.05, 0.1) is 10.8 Å². The van der Waals surface area contributed by atoms with Crippen molar-refractivity contribution in [2.24, 2.45) is 0 Å². The van der Waals surface area contributed by atoms with E-state index in [9.17, 15) is 14.4 Å². The molecule has 2 aliphatic heterocycles. The molecule has 6 heteroatoms. The number of ketones is 1. The third-order valence-electron chi connectivity index (χ3n) is 4.99. The Balaban J connectivity index is 1.75. The number of rotatable bonds is 4. The molecule has 2 saturated heterocycles. The Labute approximate surface area is 158 Å². The van der Waals surface area contributed by atoms with E-state index in [4.69, 9.17) is 0 Å². The average Bonchev–Trinajstić information content (AvgIpc) is 2.95. The summed E-state index contributed by atoms with van der Waals surface area (Å²) in [5, 5.41) is 0.571. The summed E-state index contributed by atoms with van der Waals surface area (Å²) in [6, 6.07) is 7.59. The Morgan fingerprint density at radius 3 is 2.77 bits per heavy atom. The van der Waals surface area contributed by atoms with E-state index >= 15 is 0 Å². The lowest BCUT2D eigenvalue weighted by atomic mass is 10.0. The molecule has 2 fully saturated rings. The molecule has 5 nitrogen and oxygen atoms in total. The zero-order chi connectivity index (χ0) is 18.7. The smallest absolute Gasteiger partial charge is 0.242 e. The first-order valence-corrected chi connectivity index (χ1v) is 10.00. The van der Waals surface area contributed by atoms with Crippen LogP contribution in [0.1, 0.15) is 42.1 Å². The van der Waals surface area contributed by atoms with E-state index in [1.54, 1.807) is 6.07 Å². The molecule has 1 aromatic rings. The van der Waals surface area contributed by atoms with E-state index < -0.39 is 0 Å². The van der Waals surface area contributed by atoms with Gasteiger partial charge in [-0.3, -0.25) is 19.3 Å². The molecule has 0 aliphatic carbocycles. The van der Waals surface area contributed by atoms with Crippen LogP contribution in [0.2, 0.25) is 0 Å². The van der Waals surface area contributed by atoms with Crippen molar-refractivity contribution in [2.75, 3.05) is 18.8 Å². The van der Waals surface area contributed by atoms with E-state index in [0.29, 0.717) is 10.6 Å². The second-order valence-electron chi connectivity index (χ2n) is 6.86. The molecular formula is C20H24N2O3S. The second-order valence-corrected chi connectivity index (χ2v) is 7.86. The SMILES string of the molecule is Cc1ccccc1C(=O)/C=C1\SCC(=O)N1CC(=O)N1CCCC[C@@H]1C. The maximum atomic E-state index is 12.7. The van der Waals surface area contributed by atoms with Crippen LogP contribution in [0.3, 0.4) is 0 Å². The van der Waals surface area contributed by atoms with Gasteiger partial charge in [-0.1, -0.05) is 36.0 Å². The van der Waals surface area contributed by atoms with Crippen LogP contribution in [0, 0.1) is 6.92 Å². The van der Waals surface area contributed by atoms with Crippen LogP contribution in [-0.2, 0) is 9.59 Å². The van der Waals surface area contributed by atoms with Gasteiger partial charge in [0, 0.05) is 24.2 Å². The van der Waals surface area contributed by atoms with Gasteiger partial charge in [0.15, 0.2) is 5.78 Å². The summed E-state index contributed by atoms with van der Waals surface area (Å²) in [7, 11) is 0. The molecule has 0 bridgehead atoms. The number of carbonyl (C=O) groups is 3. The maximum Gasteiger partial charge on any atom is 0.242 e. The van der Waals surface area contributed by atoms with Gasteiger partial charge in [-0.25, -0.2) is 0 Å². The van der Waals surface area contributed by atoms with Crippen LogP contribution in [0.25, 0.3) is 0 Å². The van der Waals surface area contributed by atoms with Crippen molar-refractivity contribution in [3.63, 3.8) is 0 Å². The molecule has 2 amide bonds. The Morgan fingerprint density at radius 2 is 2.04 bits per heavy atom. The van der Waals surface area contributed by atoms with Crippen molar-refractivity contribution in [1.29, 1.82) is 0 Å². The minimum absolute atomic E-state index is 0.0169. The van der Waals surface area contributed by atoms with E-state index in [-0.39, 0.29) is 35.9 Å². The fourth-order valence-electron chi connectivity index (χ4n) is 3.43. The first-order valence-electron chi connectivity index (χ1n) is 9.01. The van der Waals surface area contributed by atoms with Gasteiger partial charge in [0.1, 0.15) is 6.54 Å². The number of nitrogens with zero attached hydrogens (tertiary/aromatic N) is 2. The third-order valence-corrected chi connectivity index (χ3v) is 6.02. The van der Waals surface area contributed by atoms with E-state index in [0.717, 1.165) is 31.4 Å². The first kappa shape index (κ1) is 18.7. The topological polar surface area (TPSA) is 57.7 Å². The van der Waals surface area contributed by atoms with E-state index in [2.05, 4.69) is 6.92 Å². The molecule has 0 aromatic heterocycles. The van der Waals surface area contributed by atoms with Crippen LogP contribution < -0.4 is 0 Å². The number of thioether (sulfide) groups is 1. The molecule has 0 saturated carbocycles. The summed E-state index contributed by atoms with van der Waals surface area (Å²) in [6.07, 6.45) is 4.64. The minimum Gasteiger partial charge on any atom is -0.338 e. The summed E-state index contributed by atoms with van der Waals surface area (Å²) in [5.74, 6) is -0.0151. The molecule has 0 unspecified atom stereocenters. The molecule has 0 radical (unpaired) electrons. The van der Waals surface area contributed by atoms with Crippen molar-refractivity contribution >= 4 is 29.4 Å². The monoisotopic (exact) mass is 372 g/mol. The summed E-state index contributed by atoms with van der Waals surface area (Å²) >= 11 is 1.32. The molecular weight excluding hydrogens is 348 g/mol. The highest BCUT2D eigenvalue weighted by molar-refractivity contribution is 8.04. The zero-order valence-electron chi connectivity index (χ0n) is 15.2. The predicted octanol–water partition coefficient (Wildman–Crippen LogP) is 3.00. The number of likely N-dealkylation sites (tertiary alicyclic amines) is 1. The van der Waals surface area contributed by atoms with Gasteiger partial charge >= 0.3 is 0 Å². The minimum atomic E-state index is -0.135. The quantitative estimate of drug-likeness (QED) is 0.602. The van der Waals surface area contributed by atoms with Crippen molar-refractivity contribution in [2.45, 2.75) is 39.2 Å². The van der Waals surface area contributed by atoms with Crippen LogP contribution in [-0.4, -0.2) is 52.3 Å². The third kappa shape index (κ3) is 4.01. The largest absolute Gasteiger partial charge is 0.338 e. The maximum absolute atomic E-state index is 12.7. The number of amides is 2. The summed E-state index contributed by atoms with van der Waals surface area (Å²) in [6.45, 7) is 4.70. The molecule has 2 aliphatic rings. The van der Waals surface area contributed by atoms with Crippen molar-refractivity contribution in [3.05, 3.63) is 46.5 Å². The van der Waals surface area contributed by atoms with Crippen LogP contribution in [0.4, 0.5) is 0 Å². The number of hydrogen-bond acceptors (Lipinski definition) is 4. The number of allylic oxidation sites excluding steroid dienone is 1. The molecule has 3 rings (SSSR count). The number of benzene rings is 1. The van der Waals surface area contributed by atoms with Crippen LogP contribution >= 0.6 is 11.8 Å². The van der Waals surface area contributed by atoms with Gasteiger partial charge in [-0.2, -0.15) is 0 Å². The van der Waals surface area contributed by atoms with E-state index in [1.165, 1.54) is 22.7 Å². The molecule has 0 spiro atoms. The number of hydrogen-bond donors (Lipinski definition) is 0. The zero-order valence-corrected chi connectivity index (χ0v) is 16.1. The Bertz CT molecular complexity index is 759. The number of piperidine rings is 1. The fraction of sp³-hybridized carbons (Fsp3) is 0.450. The molecule has 26 heavy (non-hydrogen) atoms. The molecule has 2 heterocycles. The fourth-order valence-corrected chi connectivity index (χ4v) is 4.37. The highest BCUT2D eigenvalue weighted by Crippen LogP contribution is 2.30. The van der Waals surface area contributed by atoms with Gasteiger partial charge in [-0.05, 0) is 38.7 Å². The summed E-state index contributed by atoms with van der Waals surface area (Å²) in [5.41, 5.74) is 1.52. The normalized spacial score (nSPS) is 22.2.